The maximum atomic E-state index is 14.8. The molecule has 3 aromatic rings. The number of tetrazole rings is 1. The van der Waals surface area contributed by atoms with E-state index in [1.807, 2.05) is 0 Å². The molecule has 0 amide bonds. The van der Waals surface area contributed by atoms with E-state index in [1.165, 1.54) is 17.1 Å². The van der Waals surface area contributed by atoms with E-state index in [0.29, 0.717) is 46.6 Å². The van der Waals surface area contributed by atoms with Crippen LogP contribution in [0.2, 0.25) is 0 Å². The molecule has 2 N–H and O–H groups in total. The summed E-state index contributed by atoms with van der Waals surface area (Å²) in [7, 11) is 0. The van der Waals surface area contributed by atoms with Gasteiger partial charge in [-0.3, -0.25) is 0 Å². The molecular formula is C20H21FN8O. The minimum absolute atomic E-state index is 0.0103. The lowest BCUT2D eigenvalue weighted by Gasteiger charge is -2.33. The number of rotatable bonds is 4. The smallest absolute Gasteiger partial charge is 0.177 e. The Bertz CT molecular complexity index is 1100. The van der Waals surface area contributed by atoms with Gasteiger partial charge < -0.3 is 10.4 Å². The summed E-state index contributed by atoms with van der Waals surface area (Å²) in [4.78, 5) is 5.68. The Hall–Kier alpha value is -3.27. The first-order valence-corrected chi connectivity index (χ1v) is 9.89. The van der Waals surface area contributed by atoms with Crippen molar-refractivity contribution in [2.75, 3.05) is 0 Å². The molecule has 2 bridgehead atoms. The van der Waals surface area contributed by atoms with Crippen LogP contribution in [0.1, 0.15) is 30.9 Å². The third kappa shape index (κ3) is 3.22. The number of aromatic nitrogens is 7. The highest BCUT2D eigenvalue weighted by atomic mass is 19.1. The zero-order valence-corrected chi connectivity index (χ0v) is 16.4. The molecule has 4 atom stereocenters. The lowest BCUT2D eigenvalue weighted by atomic mass is 9.84. The number of aryl methyl sites for hydroxylation is 1. The summed E-state index contributed by atoms with van der Waals surface area (Å²) in [5, 5.41) is 33.9. The van der Waals surface area contributed by atoms with Crippen molar-refractivity contribution in [2.45, 2.75) is 44.4 Å². The number of aromatic hydroxyl groups is 1. The topological polar surface area (TPSA) is 115 Å². The lowest BCUT2D eigenvalue weighted by Crippen LogP contribution is -2.47. The summed E-state index contributed by atoms with van der Waals surface area (Å²) >= 11 is 0. The van der Waals surface area contributed by atoms with Gasteiger partial charge in [0.05, 0.1) is 11.9 Å². The van der Waals surface area contributed by atoms with Gasteiger partial charge >= 0.3 is 0 Å². The van der Waals surface area contributed by atoms with Crippen molar-refractivity contribution in [3.8, 4) is 22.7 Å². The molecule has 0 saturated carbocycles. The van der Waals surface area contributed by atoms with Crippen LogP contribution in [0.15, 0.2) is 31.0 Å². The molecule has 2 aromatic heterocycles. The van der Waals surface area contributed by atoms with Gasteiger partial charge in [-0.15, -0.1) is 25.2 Å². The molecule has 154 valence electrons. The van der Waals surface area contributed by atoms with Gasteiger partial charge in [0.2, 0.25) is 0 Å². The molecule has 0 radical (unpaired) electrons. The van der Waals surface area contributed by atoms with Gasteiger partial charge in [-0.2, -0.15) is 0 Å². The molecule has 2 aliphatic heterocycles. The predicted molar refractivity (Wildman–Crippen MR) is 106 cm³/mol. The highest BCUT2D eigenvalue weighted by molar-refractivity contribution is 5.68. The monoisotopic (exact) mass is 408 g/mol. The maximum Gasteiger partial charge on any atom is 0.177 e. The highest BCUT2D eigenvalue weighted by Gasteiger charge is 2.43. The maximum absolute atomic E-state index is 14.8. The number of phenolic OH excluding ortho intramolecular Hbond substituents is 1. The first-order chi connectivity index (χ1) is 14.5. The van der Waals surface area contributed by atoms with Crippen LogP contribution < -0.4 is 5.32 Å². The van der Waals surface area contributed by atoms with Gasteiger partial charge in [0.25, 0.3) is 0 Å². The zero-order valence-electron chi connectivity index (χ0n) is 16.4. The van der Waals surface area contributed by atoms with Crippen molar-refractivity contribution in [1.82, 2.24) is 40.7 Å². The normalized spacial score (nSPS) is 25.4. The van der Waals surface area contributed by atoms with Crippen molar-refractivity contribution < 1.29 is 9.50 Å². The standard InChI is InChI=1S/C20H21FN8O/c1-10(15-7-12-3-6-16(23-12)19(15)21)20-22-9-17(25-26-20)14-5-4-13(8-18(14)30)29-27-11(2)24-28-29/h4-5,8-9,12,15-16,19,23,30H,1,3,6-7H2,2H3/t12-,15+,16+,19+/m1/s1. The Kier molecular flexibility index (Phi) is 4.50. The van der Waals surface area contributed by atoms with Crippen molar-refractivity contribution in [1.29, 1.82) is 0 Å². The second-order valence-electron chi connectivity index (χ2n) is 7.85. The fourth-order valence-electron chi connectivity index (χ4n) is 4.30. The lowest BCUT2D eigenvalue weighted by molar-refractivity contribution is 0.167. The number of halogens is 1. The molecule has 30 heavy (non-hydrogen) atoms. The first kappa shape index (κ1) is 18.7. The Balaban J connectivity index is 1.36. The van der Waals surface area contributed by atoms with E-state index in [2.05, 4.69) is 42.5 Å². The zero-order chi connectivity index (χ0) is 20.8. The molecule has 0 aliphatic carbocycles. The van der Waals surface area contributed by atoms with Gasteiger partial charge in [0.1, 0.15) is 17.6 Å². The fraction of sp³-hybridized carbons (Fsp3) is 0.400. The number of phenols is 1. The molecule has 10 heteroatoms. The van der Waals surface area contributed by atoms with Gasteiger partial charge in [0.15, 0.2) is 11.6 Å². The Morgan fingerprint density at radius 2 is 2.13 bits per heavy atom. The molecule has 1 aromatic carbocycles. The van der Waals surface area contributed by atoms with Crippen LogP contribution in [0.5, 0.6) is 5.75 Å². The van der Waals surface area contributed by atoms with Crippen LogP contribution >= 0.6 is 0 Å². The number of hydrogen-bond acceptors (Lipinski definition) is 8. The van der Waals surface area contributed by atoms with Gasteiger partial charge in [-0.25, -0.2) is 9.37 Å². The minimum Gasteiger partial charge on any atom is -0.507 e. The van der Waals surface area contributed by atoms with Crippen LogP contribution in [0.4, 0.5) is 4.39 Å². The van der Waals surface area contributed by atoms with Crippen molar-refractivity contribution in [3.63, 3.8) is 0 Å². The Morgan fingerprint density at radius 3 is 2.83 bits per heavy atom. The molecule has 4 heterocycles. The summed E-state index contributed by atoms with van der Waals surface area (Å²) in [6.45, 7) is 5.79. The highest BCUT2D eigenvalue weighted by Crippen LogP contribution is 2.39. The molecule has 2 aliphatic rings. The third-order valence-electron chi connectivity index (χ3n) is 5.88. The third-order valence-corrected chi connectivity index (χ3v) is 5.88. The van der Waals surface area contributed by atoms with Crippen molar-refractivity contribution in [3.05, 3.63) is 42.6 Å². The number of nitrogens with zero attached hydrogens (tertiary/aromatic N) is 7. The number of allylic oxidation sites excluding steroid dienone is 1. The largest absolute Gasteiger partial charge is 0.507 e. The molecule has 2 fully saturated rings. The minimum atomic E-state index is -0.995. The van der Waals surface area contributed by atoms with Crippen molar-refractivity contribution >= 4 is 5.57 Å². The van der Waals surface area contributed by atoms with E-state index in [9.17, 15) is 9.50 Å². The molecule has 5 rings (SSSR count). The number of piperidine rings is 1. The quantitative estimate of drug-likeness (QED) is 0.674. The summed E-state index contributed by atoms with van der Waals surface area (Å²) in [6, 6.07) is 5.16. The van der Waals surface area contributed by atoms with Crippen LogP contribution in [0.3, 0.4) is 0 Å². The molecular weight excluding hydrogens is 387 g/mol. The Labute approximate surface area is 172 Å². The molecule has 0 spiro atoms. The second kappa shape index (κ2) is 7.21. The first-order valence-electron chi connectivity index (χ1n) is 9.89. The SMILES string of the molecule is C=C(c1ncc(-c2ccc(-n3nnc(C)n3)cc2O)nn1)[C@@H]1C[C@H]2CC[C@H](N2)[C@H]1F. The summed E-state index contributed by atoms with van der Waals surface area (Å²) in [5.74, 6) is 0.555. The summed E-state index contributed by atoms with van der Waals surface area (Å²) in [5.41, 5.74) is 2.01. The number of hydrogen-bond donors (Lipinski definition) is 2. The number of nitrogens with one attached hydrogen (secondary N) is 1. The van der Waals surface area contributed by atoms with Crippen LogP contribution in [0, 0.1) is 12.8 Å². The van der Waals surface area contributed by atoms with Crippen LogP contribution in [-0.4, -0.2) is 58.8 Å². The van der Waals surface area contributed by atoms with E-state index in [1.54, 1.807) is 19.1 Å². The molecule has 9 nitrogen and oxygen atoms in total. The van der Waals surface area contributed by atoms with Gasteiger partial charge in [-0.1, -0.05) is 6.58 Å². The number of alkyl halides is 1. The van der Waals surface area contributed by atoms with Gasteiger partial charge in [-0.05, 0) is 49.1 Å². The van der Waals surface area contributed by atoms with E-state index < -0.39 is 6.17 Å². The number of fused-ring (bicyclic) bond motifs is 2. The van der Waals surface area contributed by atoms with E-state index in [0.717, 1.165) is 12.8 Å². The van der Waals surface area contributed by atoms with Crippen molar-refractivity contribution in [2.24, 2.45) is 5.92 Å². The summed E-state index contributed by atoms with van der Waals surface area (Å²) in [6.07, 6.45) is 3.06. The Morgan fingerprint density at radius 1 is 1.27 bits per heavy atom. The van der Waals surface area contributed by atoms with Crippen LogP contribution in [-0.2, 0) is 0 Å². The fourth-order valence-corrected chi connectivity index (χ4v) is 4.30. The average molecular weight is 408 g/mol. The van der Waals surface area contributed by atoms with E-state index in [-0.39, 0.29) is 17.7 Å². The van der Waals surface area contributed by atoms with E-state index >= 15 is 0 Å². The number of benzene rings is 1. The average Bonchev–Trinajstić information content (AvgIpc) is 3.37. The van der Waals surface area contributed by atoms with Crippen LogP contribution in [0.25, 0.3) is 22.5 Å². The molecule has 0 unspecified atom stereocenters. The second-order valence-corrected chi connectivity index (χ2v) is 7.85. The molecule has 2 saturated heterocycles. The summed E-state index contributed by atoms with van der Waals surface area (Å²) < 4.78 is 14.8. The predicted octanol–water partition coefficient (Wildman–Crippen LogP) is 2.02. The van der Waals surface area contributed by atoms with E-state index in [4.69, 9.17) is 0 Å². The van der Waals surface area contributed by atoms with Gasteiger partial charge in [0, 0.05) is 29.6 Å².